The average Bonchev–Trinajstić information content (AvgIpc) is 2.40. The molecular formula is C10H20N2O6. The number of nitrogens with two attached hydrogens (primary N) is 2. The van der Waals surface area contributed by atoms with Gasteiger partial charge in [0.1, 0.15) is 0 Å². The van der Waals surface area contributed by atoms with Crippen molar-refractivity contribution in [3.63, 3.8) is 0 Å². The molecule has 0 fully saturated rings. The topological polar surface area (TPSA) is 145 Å². The Morgan fingerprint density at radius 3 is 2.28 bits per heavy atom. The standard InChI is InChI=1S/C10H20N2O6/c1-2-3-4-5-6-10(16,9(15)18-12)7(13)8(14)17-11/h7,13,16H,2-6,11-12H2,1H3. The van der Waals surface area contributed by atoms with E-state index in [1.54, 1.807) is 0 Å². The van der Waals surface area contributed by atoms with Gasteiger partial charge in [0, 0.05) is 0 Å². The van der Waals surface area contributed by atoms with Gasteiger partial charge in [0.25, 0.3) is 0 Å². The fourth-order valence-electron chi connectivity index (χ4n) is 1.53. The fraction of sp³-hybridized carbons (Fsp3) is 0.800. The third-order valence-corrected chi connectivity index (χ3v) is 2.66. The van der Waals surface area contributed by atoms with E-state index >= 15 is 0 Å². The Morgan fingerprint density at radius 1 is 1.22 bits per heavy atom. The molecule has 8 heteroatoms. The van der Waals surface area contributed by atoms with Crippen molar-refractivity contribution in [3.05, 3.63) is 0 Å². The molecule has 2 atom stereocenters. The highest BCUT2D eigenvalue weighted by atomic mass is 16.7. The minimum Gasteiger partial charge on any atom is -0.378 e. The molecule has 0 rings (SSSR count). The Labute approximate surface area is 105 Å². The number of hydrogen-bond donors (Lipinski definition) is 4. The zero-order chi connectivity index (χ0) is 14.2. The lowest BCUT2D eigenvalue weighted by Crippen LogP contribution is -2.55. The van der Waals surface area contributed by atoms with Gasteiger partial charge in [-0.1, -0.05) is 26.2 Å². The Kier molecular flexibility index (Phi) is 7.44. The van der Waals surface area contributed by atoms with Crippen molar-refractivity contribution in [1.29, 1.82) is 0 Å². The van der Waals surface area contributed by atoms with E-state index in [0.29, 0.717) is 6.42 Å². The van der Waals surface area contributed by atoms with Gasteiger partial charge in [0.05, 0.1) is 0 Å². The number of carbonyl (C=O) groups is 2. The Bertz CT molecular complexity index is 286. The molecule has 0 aliphatic rings. The molecular weight excluding hydrogens is 244 g/mol. The van der Waals surface area contributed by atoms with Crippen LogP contribution in [0, 0.1) is 0 Å². The summed E-state index contributed by atoms with van der Waals surface area (Å²) in [7, 11) is 0. The smallest absolute Gasteiger partial charge is 0.359 e. The fourth-order valence-corrected chi connectivity index (χ4v) is 1.53. The minimum absolute atomic E-state index is 0.181. The van der Waals surface area contributed by atoms with Crippen molar-refractivity contribution in [1.82, 2.24) is 0 Å². The second-order valence-electron chi connectivity index (χ2n) is 3.98. The molecule has 0 heterocycles. The second-order valence-corrected chi connectivity index (χ2v) is 3.98. The van der Waals surface area contributed by atoms with Crippen LogP contribution in [0.15, 0.2) is 0 Å². The van der Waals surface area contributed by atoms with Crippen LogP contribution < -0.4 is 11.8 Å². The Hall–Kier alpha value is -1.22. The summed E-state index contributed by atoms with van der Waals surface area (Å²) in [6, 6.07) is 0. The van der Waals surface area contributed by atoms with Gasteiger partial charge in [-0.2, -0.15) is 11.8 Å². The Balaban J connectivity index is 4.72. The summed E-state index contributed by atoms with van der Waals surface area (Å²) in [5.74, 6) is 6.60. The first-order valence-electron chi connectivity index (χ1n) is 5.66. The summed E-state index contributed by atoms with van der Waals surface area (Å²) in [4.78, 5) is 30.1. The largest absolute Gasteiger partial charge is 0.378 e. The van der Waals surface area contributed by atoms with Crippen molar-refractivity contribution in [2.75, 3.05) is 0 Å². The predicted octanol–water partition coefficient (Wildman–Crippen LogP) is -1.12. The molecule has 8 nitrogen and oxygen atoms in total. The summed E-state index contributed by atoms with van der Waals surface area (Å²) in [5, 5.41) is 19.5. The van der Waals surface area contributed by atoms with E-state index in [9.17, 15) is 19.8 Å². The molecule has 2 unspecified atom stereocenters. The van der Waals surface area contributed by atoms with Crippen LogP contribution >= 0.6 is 0 Å². The first-order chi connectivity index (χ1) is 8.43. The molecule has 0 aromatic rings. The quantitative estimate of drug-likeness (QED) is 0.318. The van der Waals surface area contributed by atoms with Gasteiger partial charge >= 0.3 is 11.9 Å². The lowest BCUT2D eigenvalue weighted by molar-refractivity contribution is -0.192. The van der Waals surface area contributed by atoms with Gasteiger partial charge in [0.15, 0.2) is 6.10 Å². The third-order valence-electron chi connectivity index (χ3n) is 2.66. The number of carbonyl (C=O) groups excluding carboxylic acids is 2. The van der Waals surface area contributed by atoms with Crippen LogP contribution in [0.3, 0.4) is 0 Å². The van der Waals surface area contributed by atoms with Crippen LogP contribution in [0.5, 0.6) is 0 Å². The Morgan fingerprint density at radius 2 is 1.83 bits per heavy atom. The SMILES string of the molecule is CCCCCCC(O)(C(=O)ON)C(O)C(=O)ON. The maximum atomic E-state index is 11.4. The van der Waals surface area contributed by atoms with Gasteiger partial charge in [-0.3, -0.25) is 0 Å². The van der Waals surface area contributed by atoms with Crippen LogP contribution in [-0.4, -0.2) is 33.9 Å². The summed E-state index contributed by atoms with van der Waals surface area (Å²) in [5.41, 5.74) is -2.45. The molecule has 0 saturated heterocycles. The van der Waals surface area contributed by atoms with E-state index in [2.05, 4.69) is 21.5 Å². The first kappa shape index (κ1) is 16.8. The molecule has 0 aliphatic carbocycles. The molecule has 0 bridgehead atoms. The van der Waals surface area contributed by atoms with Crippen LogP contribution in [0.1, 0.15) is 39.0 Å². The second kappa shape index (κ2) is 7.98. The van der Waals surface area contributed by atoms with Crippen molar-refractivity contribution < 1.29 is 29.5 Å². The summed E-state index contributed by atoms with van der Waals surface area (Å²) < 4.78 is 0. The van der Waals surface area contributed by atoms with E-state index in [1.165, 1.54) is 0 Å². The zero-order valence-corrected chi connectivity index (χ0v) is 10.3. The van der Waals surface area contributed by atoms with Crippen molar-refractivity contribution in [2.24, 2.45) is 11.8 Å². The third kappa shape index (κ3) is 4.22. The summed E-state index contributed by atoms with van der Waals surface area (Å²) in [6.07, 6.45) is 0.660. The van der Waals surface area contributed by atoms with Gasteiger partial charge in [-0.05, 0) is 12.8 Å². The van der Waals surface area contributed by atoms with Gasteiger partial charge in [-0.15, -0.1) is 0 Å². The van der Waals surface area contributed by atoms with Gasteiger partial charge < -0.3 is 19.9 Å². The van der Waals surface area contributed by atoms with Gasteiger partial charge in [-0.25, -0.2) is 9.59 Å². The maximum Gasteiger partial charge on any atom is 0.359 e. The average molecular weight is 264 g/mol. The monoisotopic (exact) mass is 264 g/mol. The number of aliphatic hydroxyl groups is 2. The molecule has 6 N–H and O–H groups in total. The minimum atomic E-state index is -2.45. The van der Waals surface area contributed by atoms with Crippen LogP contribution in [0.2, 0.25) is 0 Å². The first-order valence-corrected chi connectivity index (χ1v) is 5.66. The number of aliphatic hydroxyl groups excluding tert-OH is 1. The van der Waals surface area contributed by atoms with Crippen molar-refractivity contribution in [3.8, 4) is 0 Å². The number of unbranched alkanes of at least 4 members (excludes halogenated alkanes) is 3. The van der Waals surface area contributed by atoms with Crippen molar-refractivity contribution in [2.45, 2.75) is 50.7 Å². The molecule has 0 radical (unpaired) electrons. The molecule has 0 aliphatic heterocycles. The molecule has 106 valence electrons. The van der Waals surface area contributed by atoms with Crippen LogP contribution in [0.4, 0.5) is 0 Å². The molecule has 0 aromatic carbocycles. The highest BCUT2D eigenvalue weighted by molar-refractivity contribution is 5.88. The zero-order valence-electron chi connectivity index (χ0n) is 10.3. The van der Waals surface area contributed by atoms with E-state index in [0.717, 1.165) is 19.3 Å². The lowest BCUT2D eigenvalue weighted by atomic mass is 9.90. The van der Waals surface area contributed by atoms with Crippen LogP contribution in [-0.2, 0) is 19.3 Å². The molecule has 0 spiro atoms. The molecule has 0 saturated carbocycles. The van der Waals surface area contributed by atoms with E-state index in [1.807, 2.05) is 6.92 Å². The maximum absolute atomic E-state index is 11.4. The highest BCUT2D eigenvalue weighted by Gasteiger charge is 2.49. The van der Waals surface area contributed by atoms with E-state index < -0.39 is 23.6 Å². The lowest BCUT2D eigenvalue weighted by Gasteiger charge is -2.27. The summed E-state index contributed by atoms with van der Waals surface area (Å²) >= 11 is 0. The van der Waals surface area contributed by atoms with Crippen molar-refractivity contribution >= 4 is 11.9 Å². The normalized spacial score (nSPS) is 15.6. The summed E-state index contributed by atoms with van der Waals surface area (Å²) in [6.45, 7) is 1.99. The molecule has 0 amide bonds. The van der Waals surface area contributed by atoms with E-state index in [-0.39, 0.29) is 6.42 Å². The van der Waals surface area contributed by atoms with Gasteiger partial charge in [0.2, 0.25) is 5.60 Å². The molecule has 0 aromatic heterocycles. The van der Waals surface area contributed by atoms with E-state index in [4.69, 9.17) is 0 Å². The highest BCUT2D eigenvalue weighted by Crippen LogP contribution is 2.22. The number of rotatable bonds is 8. The predicted molar refractivity (Wildman–Crippen MR) is 60.3 cm³/mol. The number of hydrogen-bond acceptors (Lipinski definition) is 8. The van der Waals surface area contributed by atoms with Crippen LogP contribution in [0.25, 0.3) is 0 Å². The molecule has 18 heavy (non-hydrogen) atoms.